The van der Waals surface area contributed by atoms with Gasteiger partial charge in [0, 0.05) is 5.57 Å². The standard InChI is InChI=1S/C14H19NO2/c1-9(2)7-8-11-12(10-5-3-4-6-10)15-13(11)14(16)17/h5,9H,3-4,6-8H2,1-2H3,(H,16,17). The lowest BCUT2D eigenvalue weighted by Crippen LogP contribution is -2.25. The molecule has 1 heterocycles. The van der Waals surface area contributed by atoms with E-state index in [0.29, 0.717) is 5.92 Å². The third kappa shape index (κ3) is 2.48. The molecule has 0 amide bonds. The van der Waals surface area contributed by atoms with Gasteiger partial charge in [-0.15, -0.1) is 0 Å². The molecule has 0 aromatic rings. The second-order valence-electron chi connectivity index (χ2n) is 5.15. The lowest BCUT2D eigenvalue weighted by atomic mass is 9.90. The predicted octanol–water partition coefficient (Wildman–Crippen LogP) is 3.33. The summed E-state index contributed by atoms with van der Waals surface area (Å²) < 4.78 is 0. The van der Waals surface area contributed by atoms with E-state index in [-0.39, 0.29) is 5.71 Å². The van der Waals surface area contributed by atoms with Crippen LogP contribution in [0.15, 0.2) is 27.9 Å². The summed E-state index contributed by atoms with van der Waals surface area (Å²) >= 11 is 0. The van der Waals surface area contributed by atoms with Crippen molar-refractivity contribution in [2.75, 3.05) is 0 Å². The smallest absolute Gasteiger partial charge is 0.354 e. The Labute approximate surface area is 102 Å². The topological polar surface area (TPSA) is 49.7 Å². The first-order valence-corrected chi connectivity index (χ1v) is 6.34. The van der Waals surface area contributed by atoms with Gasteiger partial charge in [-0.2, -0.15) is 0 Å². The molecule has 0 radical (unpaired) electrons. The largest absolute Gasteiger partial charge is 0.477 e. The number of carbonyl (C=O) groups is 1. The highest BCUT2D eigenvalue weighted by molar-refractivity contribution is 6.45. The number of hydrogen-bond acceptors (Lipinski definition) is 2. The van der Waals surface area contributed by atoms with Crippen molar-refractivity contribution < 1.29 is 9.90 Å². The molecule has 3 nitrogen and oxygen atoms in total. The molecule has 0 saturated heterocycles. The molecule has 1 aliphatic heterocycles. The van der Waals surface area contributed by atoms with Gasteiger partial charge >= 0.3 is 5.97 Å². The molecule has 1 aliphatic carbocycles. The van der Waals surface area contributed by atoms with Crippen molar-refractivity contribution in [3.8, 4) is 0 Å². The highest BCUT2D eigenvalue weighted by atomic mass is 16.4. The summed E-state index contributed by atoms with van der Waals surface area (Å²) in [5.74, 6) is -0.289. The molecule has 0 unspecified atom stereocenters. The first kappa shape index (κ1) is 12.1. The van der Waals surface area contributed by atoms with Crippen LogP contribution in [0.25, 0.3) is 0 Å². The van der Waals surface area contributed by atoms with Crippen LogP contribution in [0, 0.1) is 5.92 Å². The summed E-state index contributed by atoms with van der Waals surface area (Å²) in [6.07, 6.45) is 7.40. The van der Waals surface area contributed by atoms with Crippen LogP contribution in [0.1, 0.15) is 46.0 Å². The van der Waals surface area contributed by atoms with Crippen LogP contribution in [0.2, 0.25) is 0 Å². The maximum Gasteiger partial charge on any atom is 0.354 e. The summed E-state index contributed by atoms with van der Waals surface area (Å²) in [6, 6.07) is 0. The molecule has 1 N–H and O–H groups in total. The van der Waals surface area contributed by atoms with E-state index in [9.17, 15) is 4.79 Å². The third-order valence-corrected chi connectivity index (χ3v) is 3.31. The molecule has 92 valence electrons. The van der Waals surface area contributed by atoms with Gasteiger partial charge in [0.25, 0.3) is 0 Å². The molecule has 17 heavy (non-hydrogen) atoms. The van der Waals surface area contributed by atoms with Crippen molar-refractivity contribution in [3.63, 3.8) is 0 Å². The number of nitrogens with zero attached hydrogens (tertiary/aromatic N) is 1. The van der Waals surface area contributed by atoms with E-state index < -0.39 is 5.97 Å². The lowest BCUT2D eigenvalue weighted by molar-refractivity contribution is -0.129. The lowest BCUT2D eigenvalue weighted by Gasteiger charge is -2.22. The second-order valence-corrected chi connectivity index (χ2v) is 5.15. The van der Waals surface area contributed by atoms with Crippen molar-refractivity contribution in [3.05, 3.63) is 22.9 Å². The van der Waals surface area contributed by atoms with Crippen LogP contribution in [-0.2, 0) is 4.79 Å². The minimum Gasteiger partial charge on any atom is -0.477 e. The Morgan fingerprint density at radius 2 is 2.29 bits per heavy atom. The van der Waals surface area contributed by atoms with Crippen molar-refractivity contribution >= 4 is 11.7 Å². The number of rotatable bonds is 5. The Kier molecular flexibility index (Phi) is 3.46. The zero-order valence-corrected chi connectivity index (χ0v) is 10.5. The van der Waals surface area contributed by atoms with Crippen LogP contribution in [0.4, 0.5) is 0 Å². The van der Waals surface area contributed by atoms with Gasteiger partial charge in [-0.25, -0.2) is 9.79 Å². The van der Waals surface area contributed by atoms with Crippen molar-refractivity contribution in [2.45, 2.75) is 46.0 Å². The molecule has 0 bridgehead atoms. The Hall–Kier alpha value is -1.38. The van der Waals surface area contributed by atoms with Crippen LogP contribution < -0.4 is 0 Å². The van der Waals surface area contributed by atoms with E-state index in [4.69, 9.17) is 5.11 Å². The van der Waals surface area contributed by atoms with Gasteiger partial charge in [0.15, 0.2) is 5.71 Å². The number of carboxylic acids is 1. The zero-order valence-electron chi connectivity index (χ0n) is 10.5. The van der Waals surface area contributed by atoms with E-state index in [1.807, 2.05) is 0 Å². The van der Waals surface area contributed by atoms with Gasteiger partial charge in [-0.3, -0.25) is 0 Å². The van der Waals surface area contributed by atoms with Gasteiger partial charge in [-0.1, -0.05) is 19.9 Å². The number of aliphatic imine (C=N–C) groups is 1. The summed E-state index contributed by atoms with van der Waals surface area (Å²) in [5, 5.41) is 9.05. The summed E-state index contributed by atoms with van der Waals surface area (Å²) in [7, 11) is 0. The fourth-order valence-electron chi connectivity index (χ4n) is 2.30. The van der Waals surface area contributed by atoms with E-state index in [2.05, 4.69) is 24.9 Å². The van der Waals surface area contributed by atoms with Crippen LogP contribution in [0.5, 0.6) is 0 Å². The van der Waals surface area contributed by atoms with Crippen molar-refractivity contribution in [1.29, 1.82) is 0 Å². The Morgan fingerprint density at radius 3 is 2.82 bits per heavy atom. The normalized spacial score (nSPS) is 19.2. The highest BCUT2D eigenvalue weighted by Crippen LogP contribution is 2.35. The van der Waals surface area contributed by atoms with Crippen LogP contribution in [0.3, 0.4) is 0 Å². The average molecular weight is 233 g/mol. The molecule has 3 heteroatoms. The summed E-state index contributed by atoms with van der Waals surface area (Å²) in [4.78, 5) is 15.2. The molecule has 0 saturated carbocycles. The molecule has 2 aliphatic rings. The SMILES string of the molecule is CC(C)CCC1=C(C2=CCCC2)N=C1C(=O)O. The maximum absolute atomic E-state index is 11.0. The Morgan fingerprint density at radius 1 is 1.53 bits per heavy atom. The predicted molar refractivity (Wildman–Crippen MR) is 68.1 cm³/mol. The molecule has 2 rings (SSSR count). The van der Waals surface area contributed by atoms with E-state index >= 15 is 0 Å². The van der Waals surface area contributed by atoms with E-state index in [1.165, 1.54) is 12.0 Å². The van der Waals surface area contributed by atoms with Gasteiger partial charge in [0.05, 0.1) is 5.70 Å². The monoisotopic (exact) mass is 233 g/mol. The maximum atomic E-state index is 11.0. The van der Waals surface area contributed by atoms with Gasteiger partial charge in [0.2, 0.25) is 0 Å². The fraction of sp³-hybridized carbons (Fsp3) is 0.571. The zero-order chi connectivity index (χ0) is 12.4. The molecule has 0 aromatic carbocycles. The minimum atomic E-state index is -0.883. The molecule has 0 spiro atoms. The first-order chi connectivity index (χ1) is 8.09. The van der Waals surface area contributed by atoms with E-state index in [0.717, 1.165) is 37.0 Å². The average Bonchev–Trinajstić information content (AvgIpc) is 2.68. The number of allylic oxidation sites excluding steroid dienone is 2. The summed E-state index contributed by atoms with van der Waals surface area (Å²) in [6.45, 7) is 4.32. The van der Waals surface area contributed by atoms with Gasteiger partial charge < -0.3 is 5.11 Å². The number of aliphatic carboxylic acids is 1. The Bertz CT molecular complexity index is 428. The van der Waals surface area contributed by atoms with Gasteiger partial charge in [-0.05, 0) is 43.6 Å². The number of carboxylic acid groups (broad SMARTS) is 1. The minimum absolute atomic E-state index is 0.286. The van der Waals surface area contributed by atoms with Gasteiger partial charge in [0.1, 0.15) is 0 Å². The first-order valence-electron chi connectivity index (χ1n) is 6.34. The third-order valence-electron chi connectivity index (χ3n) is 3.31. The fourth-order valence-corrected chi connectivity index (χ4v) is 2.30. The molecule has 0 fully saturated rings. The van der Waals surface area contributed by atoms with E-state index in [1.54, 1.807) is 0 Å². The van der Waals surface area contributed by atoms with Crippen molar-refractivity contribution in [1.82, 2.24) is 0 Å². The van der Waals surface area contributed by atoms with Crippen molar-refractivity contribution in [2.24, 2.45) is 10.9 Å². The Balaban J connectivity index is 2.12. The van der Waals surface area contributed by atoms with Crippen LogP contribution in [-0.4, -0.2) is 16.8 Å². The van der Waals surface area contributed by atoms with Crippen LogP contribution >= 0.6 is 0 Å². The second kappa shape index (κ2) is 4.86. The molecule has 0 aromatic heterocycles. The highest BCUT2D eigenvalue weighted by Gasteiger charge is 2.30. The quantitative estimate of drug-likeness (QED) is 0.791. The summed E-state index contributed by atoms with van der Waals surface area (Å²) in [5.41, 5.74) is 3.49. The number of hydrogen-bond donors (Lipinski definition) is 1. The molecule has 0 atom stereocenters. The molecular formula is C14H19NO2. The molecular weight excluding hydrogens is 214 g/mol.